The molecule has 3 heteroatoms. The molecule has 1 aliphatic heterocycles. The second-order valence-electron chi connectivity index (χ2n) is 5.52. The number of hydrogen-bond acceptors (Lipinski definition) is 2. The van der Waals surface area contributed by atoms with E-state index in [1.165, 1.54) is 25.7 Å². The van der Waals surface area contributed by atoms with E-state index in [1.807, 2.05) is 4.90 Å². The Balaban J connectivity index is 1.84. The van der Waals surface area contributed by atoms with E-state index in [0.717, 1.165) is 18.8 Å². The lowest BCUT2D eigenvalue weighted by atomic mass is 9.82. The Labute approximate surface area is 104 Å². The van der Waals surface area contributed by atoms with Crippen LogP contribution in [0.25, 0.3) is 0 Å². The lowest BCUT2D eigenvalue weighted by Gasteiger charge is -2.38. The molecule has 0 N–H and O–H groups in total. The third-order valence-electron chi connectivity index (χ3n) is 4.25. The molecule has 2 rings (SSSR count). The first-order valence-corrected chi connectivity index (χ1v) is 7.02. The number of hydrogen-bond donors (Lipinski definition) is 0. The zero-order valence-electron chi connectivity index (χ0n) is 10.8. The molecule has 1 saturated carbocycles. The van der Waals surface area contributed by atoms with Gasteiger partial charge in [0, 0.05) is 19.0 Å². The van der Waals surface area contributed by atoms with Crippen LogP contribution in [-0.4, -0.2) is 29.2 Å². The molecule has 3 nitrogen and oxygen atoms in total. The number of ketones is 1. The highest BCUT2D eigenvalue weighted by molar-refractivity contribution is 6.00. The molecule has 0 radical (unpaired) electrons. The minimum atomic E-state index is 0.0696. The number of nitrogens with zero attached hydrogens (tertiary/aromatic N) is 1. The normalized spacial score (nSPS) is 30.8. The van der Waals surface area contributed by atoms with Gasteiger partial charge in [-0.25, -0.2) is 0 Å². The third-order valence-corrected chi connectivity index (χ3v) is 4.25. The molecule has 1 aliphatic carbocycles. The maximum atomic E-state index is 11.8. The Bertz CT molecular complexity index is 293. The van der Waals surface area contributed by atoms with Gasteiger partial charge in [-0.2, -0.15) is 0 Å². The number of carbonyl (C=O) groups excluding carboxylic acids is 2. The summed E-state index contributed by atoms with van der Waals surface area (Å²) < 4.78 is 0. The maximum Gasteiger partial charge on any atom is 0.230 e. The molecule has 2 fully saturated rings. The summed E-state index contributed by atoms with van der Waals surface area (Å²) in [5.74, 6) is 1.06. The molecule has 1 saturated heterocycles. The van der Waals surface area contributed by atoms with Crippen molar-refractivity contribution in [1.82, 2.24) is 4.90 Å². The highest BCUT2D eigenvalue weighted by Crippen LogP contribution is 2.31. The average Bonchev–Trinajstić information content (AvgIpc) is 2.31. The van der Waals surface area contributed by atoms with E-state index in [4.69, 9.17) is 0 Å². The van der Waals surface area contributed by atoms with Gasteiger partial charge in [-0.05, 0) is 31.6 Å². The summed E-state index contributed by atoms with van der Waals surface area (Å²) in [6.07, 6.45) is 8.13. The summed E-state index contributed by atoms with van der Waals surface area (Å²) in [6, 6.07) is 0.420. The fraction of sp³-hybridized carbons (Fsp3) is 0.857. The lowest BCUT2D eigenvalue weighted by molar-refractivity contribution is -0.142. The van der Waals surface area contributed by atoms with Gasteiger partial charge in [-0.1, -0.05) is 19.8 Å². The van der Waals surface area contributed by atoms with Crippen LogP contribution in [-0.2, 0) is 9.59 Å². The molecule has 0 aromatic heterocycles. The SMILES string of the molecule is CCCC1CCC(N2CCC(=O)CC2=O)CC1. The van der Waals surface area contributed by atoms with E-state index in [9.17, 15) is 9.59 Å². The van der Waals surface area contributed by atoms with Crippen LogP contribution in [0.15, 0.2) is 0 Å². The van der Waals surface area contributed by atoms with Gasteiger partial charge in [-0.3, -0.25) is 9.59 Å². The van der Waals surface area contributed by atoms with Gasteiger partial charge in [0.15, 0.2) is 0 Å². The van der Waals surface area contributed by atoms with Crippen molar-refractivity contribution < 1.29 is 9.59 Å². The molecule has 1 heterocycles. The molecule has 0 atom stereocenters. The monoisotopic (exact) mass is 237 g/mol. The van der Waals surface area contributed by atoms with Crippen LogP contribution in [0.3, 0.4) is 0 Å². The number of carbonyl (C=O) groups is 2. The predicted molar refractivity (Wildman–Crippen MR) is 66.6 cm³/mol. The van der Waals surface area contributed by atoms with Gasteiger partial charge in [0.2, 0.25) is 5.91 Å². The van der Waals surface area contributed by atoms with Crippen molar-refractivity contribution in [2.45, 2.75) is 64.3 Å². The second kappa shape index (κ2) is 5.65. The highest BCUT2D eigenvalue weighted by Gasteiger charge is 2.32. The topological polar surface area (TPSA) is 37.4 Å². The largest absolute Gasteiger partial charge is 0.339 e. The summed E-state index contributed by atoms with van der Waals surface area (Å²) in [5, 5.41) is 0. The van der Waals surface area contributed by atoms with Crippen LogP contribution in [0.4, 0.5) is 0 Å². The van der Waals surface area contributed by atoms with Crippen LogP contribution in [0.5, 0.6) is 0 Å². The van der Waals surface area contributed by atoms with Crippen molar-refractivity contribution in [2.75, 3.05) is 6.54 Å². The molecule has 17 heavy (non-hydrogen) atoms. The van der Waals surface area contributed by atoms with Crippen LogP contribution >= 0.6 is 0 Å². The first-order valence-electron chi connectivity index (χ1n) is 7.02. The van der Waals surface area contributed by atoms with Crippen LogP contribution in [0.2, 0.25) is 0 Å². The molecule has 0 aromatic rings. The third kappa shape index (κ3) is 3.08. The van der Waals surface area contributed by atoms with Crippen molar-refractivity contribution in [3.63, 3.8) is 0 Å². The predicted octanol–water partition coefficient (Wildman–Crippen LogP) is 2.54. The molecule has 0 spiro atoms. The van der Waals surface area contributed by atoms with Gasteiger partial charge in [-0.15, -0.1) is 0 Å². The Morgan fingerprint density at radius 2 is 1.88 bits per heavy atom. The zero-order valence-corrected chi connectivity index (χ0v) is 10.8. The summed E-state index contributed by atoms with van der Waals surface area (Å²) in [6.45, 7) is 2.91. The van der Waals surface area contributed by atoms with Gasteiger partial charge in [0.1, 0.15) is 5.78 Å². The van der Waals surface area contributed by atoms with Crippen molar-refractivity contribution in [3.05, 3.63) is 0 Å². The smallest absolute Gasteiger partial charge is 0.230 e. The van der Waals surface area contributed by atoms with E-state index in [-0.39, 0.29) is 18.1 Å². The summed E-state index contributed by atoms with van der Waals surface area (Å²) in [7, 11) is 0. The van der Waals surface area contributed by atoms with Crippen LogP contribution in [0, 0.1) is 5.92 Å². The number of likely N-dealkylation sites (tertiary alicyclic amines) is 1. The Morgan fingerprint density at radius 1 is 1.18 bits per heavy atom. The summed E-state index contributed by atoms with van der Waals surface area (Å²) in [5.41, 5.74) is 0. The van der Waals surface area contributed by atoms with E-state index < -0.39 is 0 Å². The average molecular weight is 237 g/mol. The zero-order chi connectivity index (χ0) is 12.3. The standard InChI is InChI=1S/C14H23NO2/c1-2-3-11-4-6-12(7-5-11)15-9-8-13(16)10-14(15)17/h11-12H,2-10H2,1H3. The van der Waals surface area contributed by atoms with Crippen molar-refractivity contribution in [1.29, 1.82) is 0 Å². The molecule has 1 amide bonds. The van der Waals surface area contributed by atoms with Crippen LogP contribution < -0.4 is 0 Å². The molecule has 0 aromatic carbocycles. The number of amides is 1. The lowest BCUT2D eigenvalue weighted by Crippen LogP contribution is -2.47. The molecule has 2 aliphatic rings. The second-order valence-corrected chi connectivity index (χ2v) is 5.52. The first kappa shape index (κ1) is 12.6. The molecule has 96 valence electrons. The molecular weight excluding hydrogens is 214 g/mol. The number of Topliss-reactive ketones (excluding diaryl/α,β-unsaturated/α-hetero) is 1. The van der Waals surface area contributed by atoms with Gasteiger partial charge >= 0.3 is 0 Å². The quantitative estimate of drug-likeness (QED) is 0.707. The molecule has 0 bridgehead atoms. The minimum absolute atomic E-state index is 0.0696. The Hall–Kier alpha value is -0.860. The Kier molecular flexibility index (Phi) is 4.19. The van der Waals surface area contributed by atoms with E-state index in [2.05, 4.69) is 6.92 Å². The van der Waals surface area contributed by atoms with E-state index >= 15 is 0 Å². The van der Waals surface area contributed by atoms with Crippen molar-refractivity contribution in [2.24, 2.45) is 5.92 Å². The molecular formula is C14H23NO2. The summed E-state index contributed by atoms with van der Waals surface area (Å²) >= 11 is 0. The number of piperidine rings is 1. The van der Waals surface area contributed by atoms with Gasteiger partial charge in [0.05, 0.1) is 6.42 Å². The summed E-state index contributed by atoms with van der Waals surface area (Å²) in [4.78, 5) is 25.0. The fourth-order valence-corrected chi connectivity index (χ4v) is 3.27. The number of rotatable bonds is 3. The minimum Gasteiger partial charge on any atom is -0.339 e. The van der Waals surface area contributed by atoms with Gasteiger partial charge in [0.25, 0.3) is 0 Å². The molecule has 0 unspecified atom stereocenters. The van der Waals surface area contributed by atoms with Crippen LogP contribution in [0.1, 0.15) is 58.3 Å². The van der Waals surface area contributed by atoms with Crippen molar-refractivity contribution in [3.8, 4) is 0 Å². The Morgan fingerprint density at radius 3 is 2.47 bits per heavy atom. The highest BCUT2D eigenvalue weighted by atomic mass is 16.2. The fourth-order valence-electron chi connectivity index (χ4n) is 3.27. The van der Waals surface area contributed by atoms with Crippen molar-refractivity contribution >= 4 is 11.7 Å². The maximum absolute atomic E-state index is 11.8. The van der Waals surface area contributed by atoms with Gasteiger partial charge < -0.3 is 4.90 Å². The first-order chi connectivity index (χ1) is 8.20. The van der Waals surface area contributed by atoms with E-state index in [0.29, 0.717) is 19.0 Å². The van der Waals surface area contributed by atoms with E-state index in [1.54, 1.807) is 0 Å².